The first-order valence-corrected chi connectivity index (χ1v) is 9.32. The van der Waals surface area contributed by atoms with Crippen molar-refractivity contribution in [2.24, 2.45) is 11.7 Å². The number of aryl methyl sites for hydroxylation is 1. The molecule has 3 unspecified atom stereocenters. The number of hydrogen-bond acceptors (Lipinski definition) is 3. The van der Waals surface area contributed by atoms with E-state index in [0.717, 1.165) is 42.6 Å². The molecule has 5 heteroatoms. The highest BCUT2D eigenvalue weighted by molar-refractivity contribution is 6.01. The number of benzene rings is 1. The molecule has 0 radical (unpaired) electrons. The third kappa shape index (κ3) is 3.43. The van der Waals surface area contributed by atoms with Crippen molar-refractivity contribution in [2.75, 3.05) is 18.0 Å². The van der Waals surface area contributed by atoms with Crippen molar-refractivity contribution < 1.29 is 9.59 Å². The normalized spacial score (nSPS) is 25.4. The van der Waals surface area contributed by atoms with E-state index >= 15 is 0 Å². The fourth-order valence-corrected chi connectivity index (χ4v) is 4.15. The molecular weight excluding hydrogens is 314 g/mol. The smallest absolute Gasteiger partial charge is 0.228 e. The maximum atomic E-state index is 13.1. The number of piperidine rings is 1. The van der Waals surface area contributed by atoms with Gasteiger partial charge in [-0.05, 0) is 57.2 Å². The number of likely N-dealkylation sites (tertiary alicyclic amines) is 1. The summed E-state index contributed by atoms with van der Waals surface area (Å²) in [4.78, 5) is 29.4. The molecule has 0 aliphatic carbocycles. The van der Waals surface area contributed by atoms with Crippen molar-refractivity contribution in [1.82, 2.24) is 4.90 Å². The van der Waals surface area contributed by atoms with Gasteiger partial charge in [0.05, 0.1) is 5.92 Å². The van der Waals surface area contributed by atoms with E-state index < -0.39 is 0 Å². The Bertz CT molecular complexity index is 671. The molecular formula is C20H29N3O2. The van der Waals surface area contributed by atoms with Gasteiger partial charge < -0.3 is 15.5 Å². The number of hydrogen-bond donors (Lipinski definition) is 1. The summed E-state index contributed by atoms with van der Waals surface area (Å²) in [5.74, 6) is -0.115. The summed E-state index contributed by atoms with van der Waals surface area (Å²) >= 11 is 0. The van der Waals surface area contributed by atoms with E-state index in [1.54, 1.807) is 4.90 Å². The average Bonchev–Trinajstić information content (AvgIpc) is 2.98. The number of amides is 2. The lowest BCUT2D eigenvalue weighted by Crippen LogP contribution is -2.53. The van der Waals surface area contributed by atoms with Gasteiger partial charge in [-0.25, -0.2) is 0 Å². The molecule has 3 atom stereocenters. The largest absolute Gasteiger partial charge is 0.338 e. The summed E-state index contributed by atoms with van der Waals surface area (Å²) in [6, 6.07) is 6.06. The predicted octanol–water partition coefficient (Wildman–Crippen LogP) is 2.38. The first-order valence-electron chi connectivity index (χ1n) is 9.32. The maximum Gasteiger partial charge on any atom is 0.228 e. The van der Waals surface area contributed by atoms with Crippen LogP contribution in [0.3, 0.4) is 0 Å². The third-order valence-electron chi connectivity index (χ3n) is 5.78. The van der Waals surface area contributed by atoms with Gasteiger partial charge >= 0.3 is 0 Å². The van der Waals surface area contributed by atoms with Gasteiger partial charge in [0.1, 0.15) is 0 Å². The van der Waals surface area contributed by atoms with Crippen LogP contribution in [-0.2, 0) is 9.59 Å². The van der Waals surface area contributed by atoms with Crippen molar-refractivity contribution in [3.8, 4) is 0 Å². The topological polar surface area (TPSA) is 66.6 Å². The average molecular weight is 343 g/mol. The van der Waals surface area contributed by atoms with Gasteiger partial charge in [-0.3, -0.25) is 9.59 Å². The minimum atomic E-state index is -0.258. The second-order valence-corrected chi connectivity index (χ2v) is 7.58. The molecule has 2 saturated heterocycles. The lowest BCUT2D eigenvalue weighted by Gasteiger charge is -2.39. The Labute approximate surface area is 150 Å². The highest BCUT2D eigenvalue weighted by Gasteiger charge is 2.40. The van der Waals surface area contributed by atoms with Crippen LogP contribution in [0.15, 0.2) is 18.2 Å². The standard InChI is InChI=1S/C20H29N3O2/c1-13-7-6-9-17(14(13)2)23-12-16(11-19(23)24)20(25)22-10-5-4-8-18(22)15(3)21/h6-7,9,15-16,18H,4-5,8,10-12,21H2,1-3H3. The van der Waals surface area contributed by atoms with Gasteiger partial charge in [-0.1, -0.05) is 12.1 Å². The van der Waals surface area contributed by atoms with Crippen LogP contribution in [0.2, 0.25) is 0 Å². The van der Waals surface area contributed by atoms with E-state index in [1.807, 2.05) is 43.9 Å². The highest BCUT2D eigenvalue weighted by atomic mass is 16.2. The van der Waals surface area contributed by atoms with Crippen LogP contribution in [0, 0.1) is 19.8 Å². The zero-order chi connectivity index (χ0) is 18.1. The van der Waals surface area contributed by atoms with Gasteiger partial charge in [0, 0.05) is 37.3 Å². The second-order valence-electron chi connectivity index (χ2n) is 7.58. The molecule has 2 N–H and O–H groups in total. The Hall–Kier alpha value is -1.88. The Morgan fingerprint density at radius 3 is 2.76 bits per heavy atom. The van der Waals surface area contributed by atoms with Gasteiger partial charge in [0.2, 0.25) is 11.8 Å². The molecule has 2 aliphatic heterocycles. The van der Waals surface area contributed by atoms with Gasteiger partial charge in [0.25, 0.3) is 0 Å². The van der Waals surface area contributed by atoms with Crippen LogP contribution >= 0.6 is 0 Å². The number of rotatable bonds is 3. The van der Waals surface area contributed by atoms with Crippen LogP contribution in [0.25, 0.3) is 0 Å². The van der Waals surface area contributed by atoms with Crippen molar-refractivity contribution in [3.63, 3.8) is 0 Å². The SMILES string of the molecule is Cc1cccc(N2CC(C(=O)N3CCCCC3C(C)N)CC2=O)c1C. The van der Waals surface area contributed by atoms with Crippen molar-refractivity contribution in [1.29, 1.82) is 0 Å². The number of nitrogens with two attached hydrogens (primary N) is 1. The molecule has 0 saturated carbocycles. The van der Waals surface area contributed by atoms with E-state index in [4.69, 9.17) is 5.73 Å². The molecule has 0 aromatic heterocycles. The summed E-state index contributed by atoms with van der Waals surface area (Å²) in [5.41, 5.74) is 9.31. The zero-order valence-electron chi connectivity index (χ0n) is 15.5. The highest BCUT2D eigenvalue weighted by Crippen LogP contribution is 2.31. The molecule has 136 valence electrons. The molecule has 2 aliphatic rings. The van der Waals surface area contributed by atoms with Crippen LogP contribution < -0.4 is 10.6 Å². The van der Waals surface area contributed by atoms with Gasteiger partial charge in [-0.2, -0.15) is 0 Å². The minimum absolute atomic E-state index is 0.0310. The van der Waals surface area contributed by atoms with Crippen LogP contribution in [0.5, 0.6) is 0 Å². The Morgan fingerprint density at radius 1 is 1.28 bits per heavy atom. The second kappa shape index (κ2) is 7.16. The monoisotopic (exact) mass is 343 g/mol. The van der Waals surface area contributed by atoms with E-state index in [-0.39, 0.29) is 29.8 Å². The lowest BCUT2D eigenvalue weighted by atomic mass is 9.94. The zero-order valence-corrected chi connectivity index (χ0v) is 15.5. The van der Waals surface area contributed by atoms with Gasteiger partial charge in [0.15, 0.2) is 0 Å². The molecule has 0 bridgehead atoms. The van der Waals surface area contributed by atoms with Crippen LogP contribution in [-0.4, -0.2) is 41.9 Å². The predicted molar refractivity (Wildman–Crippen MR) is 99.4 cm³/mol. The Kier molecular flexibility index (Phi) is 5.13. The molecule has 2 heterocycles. The van der Waals surface area contributed by atoms with Crippen LogP contribution in [0.4, 0.5) is 5.69 Å². The summed E-state index contributed by atoms with van der Waals surface area (Å²) in [6.07, 6.45) is 3.41. The summed E-state index contributed by atoms with van der Waals surface area (Å²) in [7, 11) is 0. The molecule has 2 amide bonds. The van der Waals surface area contributed by atoms with E-state index in [1.165, 1.54) is 0 Å². The number of carbonyl (C=O) groups excluding carboxylic acids is 2. The number of carbonyl (C=O) groups is 2. The lowest BCUT2D eigenvalue weighted by molar-refractivity contribution is -0.139. The molecule has 2 fully saturated rings. The van der Waals surface area contributed by atoms with Crippen LogP contribution in [0.1, 0.15) is 43.7 Å². The molecule has 1 aromatic rings. The molecule has 3 rings (SSSR count). The quantitative estimate of drug-likeness (QED) is 0.916. The number of anilines is 1. The van der Waals surface area contributed by atoms with E-state index in [0.29, 0.717) is 13.0 Å². The van der Waals surface area contributed by atoms with Crippen molar-refractivity contribution in [3.05, 3.63) is 29.3 Å². The summed E-state index contributed by atoms with van der Waals surface area (Å²) in [6.45, 7) is 7.29. The molecule has 1 aromatic carbocycles. The molecule has 5 nitrogen and oxygen atoms in total. The minimum Gasteiger partial charge on any atom is -0.338 e. The van der Waals surface area contributed by atoms with Crippen molar-refractivity contribution in [2.45, 2.75) is 58.5 Å². The molecule has 25 heavy (non-hydrogen) atoms. The number of nitrogens with zero attached hydrogens (tertiary/aromatic N) is 2. The van der Waals surface area contributed by atoms with Crippen molar-refractivity contribution >= 4 is 17.5 Å². The Balaban J connectivity index is 1.77. The summed E-state index contributed by atoms with van der Waals surface area (Å²) in [5, 5.41) is 0. The van der Waals surface area contributed by atoms with Gasteiger partial charge in [-0.15, -0.1) is 0 Å². The third-order valence-corrected chi connectivity index (χ3v) is 5.78. The Morgan fingerprint density at radius 2 is 2.04 bits per heavy atom. The fourth-order valence-electron chi connectivity index (χ4n) is 4.15. The first-order chi connectivity index (χ1) is 11.9. The van der Waals surface area contributed by atoms with E-state index in [2.05, 4.69) is 0 Å². The summed E-state index contributed by atoms with van der Waals surface area (Å²) < 4.78 is 0. The maximum absolute atomic E-state index is 13.1. The van der Waals surface area contributed by atoms with E-state index in [9.17, 15) is 9.59 Å². The first kappa shape index (κ1) is 17.9. The fraction of sp³-hybridized carbons (Fsp3) is 0.600. The molecule has 0 spiro atoms.